The van der Waals surface area contributed by atoms with Gasteiger partial charge in [-0.2, -0.15) is 5.10 Å². The summed E-state index contributed by atoms with van der Waals surface area (Å²) >= 11 is 0. The first-order valence-corrected chi connectivity index (χ1v) is 10.6. The molecule has 5 rings (SSSR count). The number of nitrogens with zero attached hydrogens (tertiary/aromatic N) is 4. The quantitative estimate of drug-likeness (QED) is 0.903. The van der Waals surface area contributed by atoms with Crippen molar-refractivity contribution in [1.82, 2.24) is 24.9 Å². The maximum absolute atomic E-state index is 4.88. The van der Waals surface area contributed by atoms with E-state index < -0.39 is 0 Å². The van der Waals surface area contributed by atoms with Gasteiger partial charge in [-0.05, 0) is 62.5 Å². The van der Waals surface area contributed by atoms with Crippen LogP contribution >= 0.6 is 0 Å². The van der Waals surface area contributed by atoms with Gasteiger partial charge in [0.25, 0.3) is 0 Å². The number of aryl methyl sites for hydroxylation is 1. The van der Waals surface area contributed by atoms with Crippen LogP contribution in [-0.2, 0) is 32.5 Å². The Morgan fingerprint density at radius 2 is 1.81 bits per heavy atom. The van der Waals surface area contributed by atoms with Crippen LogP contribution < -0.4 is 5.32 Å². The average Bonchev–Trinajstić information content (AvgIpc) is 3.11. The molecule has 2 aromatic rings. The molecule has 1 fully saturated rings. The van der Waals surface area contributed by atoms with Crippen molar-refractivity contribution < 1.29 is 0 Å². The number of hydrogen-bond acceptors (Lipinski definition) is 4. The molecule has 0 bridgehead atoms. The van der Waals surface area contributed by atoms with Crippen molar-refractivity contribution in [3.05, 3.63) is 52.8 Å². The Kier molecular flexibility index (Phi) is 4.99. The fourth-order valence-corrected chi connectivity index (χ4v) is 5.04. The van der Waals surface area contributed by atoms with Crippen LogP contribution in [-0.4, -0.2) is 58.3 Å². The predicted octanol–water partition coefficient (Wildman–Crippen LogP) is 2.05. The number of fused-ring (bicyclic) bond motifs is 2. The molecule has 0 radical (unpaired) electrons. The zero-order valence-corrected chi connectivity index (χ0v) is 16.2. The first kappa shape index (κ1) is 17.4. The standard InChI is InChI=1S/C22H31N5/c1-2-6-19-14-21(13-18(19)5-1)26-9-4-8-25(11-12-26)17-20-15-22-16-23-7-3-10-27(22)24-20/h1-2,5-6,15,21,23H,3-4,7-14,16-17H2. The molecular formula is C22H31N5. The van der Waals surface area contributed by atoms with Gasteiger partial charge in [0.15, 0.2) is 0 Å². The molecule has 3 aliphatic rings. The van der Waals surface area contributed by atoms with Gasteiger partial charge in [-0.3, -0.25) is 14.5 Å². The molecule has 1 aromatic heterocycles. The highest BCUT2D eigenvalue weighted by Gasteiger charge is 2.28. The Hall–Kier alpha value is -1.69. The zero-order chi connectivity index (χ0) is 18.1. The lowest BCUT2D eigenvalue weighted by Gasteiger charge is -2.27. The predicted molar refractivity (Wildman–Crippen MR) is 108 cm³/mol. The van der Waals surface area contributed by atoms with Crippen molar-refractivity contribution in [3.63, 3.8) is 0 Å². The average molecular weight is 366 g/mol. The third-order valence-electron chi connectivity index (χ3n) is 6.50. The molecular weight excluding hydrogens is 334 g/mol. The van der Waals surface area contributed by atoms with Crippen molar-refractivity contribution in [3.8, 4) is 0 Å². The first-order chi connectivity index (χ1) is 13.3. The van der Waals surface area contributed by atoms with Crippen LogP contribution in [0.3, 0.4) is 0 Å². The van der Waals surface area contributed by atoms with E-state index >= 15 is 0 Å². The molecule has 3 heterocycles. The SMILES string of the molecule is c1ccc2c(c1)CC(N1CCCN(Cc3cc4n(n3)CCCNC4)CC1)C2. The van der Waals surface area contributed by atoms with E-state index in [0.29, 0.717) is 6.04 Å². The van der Waals surface area contributed by atoms with E-state index in [9.17, 15) is 0 Å². The lowest BCUT2D eigenvalue weighted by Crippen LogP contribution is -2.38. The molecule has 0 saturated carbocycles. The molecule has 27 heavy (non-hydrogen) atoms. The molecule has 144 valence electrons. The van der Waals surface area contributed by atoms with E-state index in [1.165, 1.54) is 56.7 Å². The van der Waals surface area contributed by atoms with E-state index in [1.54, 1.807) is 11.1 Å². The molecule has 1 aliphatic carbocycles. The maximum Gasteiger partial charge on any atom is 0.0768 e. The van der Waals surface area contributed by atoms with Gasteiger partial charge in [-0.1, -0.05) is 24.3 Å². The molecule has 1 saturated heterocycles. The lowest BCUT2D eigenvalue weighted by atomic mass is 10.1. The molecule has 5 heteroatoms. The number of nitrogens with one attached hydrogen (secondary N) is 1. The second-order valence-corrected chi connectivity index (χ2v) is 8.38. The van der Waals surface area contributed by atoms with E-state index in [4.69, 9.17) is 5.10 Å². The number of aromatic nitrogens is 2. The van der Waals surface area contributed by atoms with Crippen LogP contribution in [0.5, 0.6) is 0 Å². The normalized spacial score (nSPS) is 22.2. The third kappa shape index (κ3) is 3.82. The van der Waals surface area contributed by atoms with Crippen molar-refractivity contribution in [2.24, 2.45) is 0 Å². The number of hydrogen-bond donors (Lipinski definition) is 1. The highest BCUT2D eigenvalue weighted by molar-refractivity contribution is 5.33. The van der Waals surface area contributed by atoms with Crippen molar-refractivity contribution >= 4 is 0 Å². The van der Waals surface area contributed by atoms with E-state index in [-0.39, 0.29) is 0 Å². The van der Waals surface area contributed by atoms with Gasteiger partial charge in [0, 0.05) is 38.8 Å². The summed E-state index contributed by atoms with van der Waals surface area (Å²) in [5.74, 6) is 0. The summed E-state index contributed by atoms with van der Waals surface area (Å²) in [6, 6.07) is 12.0. The van der Waals surface area contributed by atoms with Crippen molar-refractivity contribution in [2.45, 2.75) is 51.4 Å². The molecule has 0 amide bonds. The van der Waals surface area contributed by atoms with E-state index in [2.05, 4.69) is 50.1 Å². The van der Waals surface area contributed by atoms with Gasteiger partial charge >= 0.3 is 0 Å². The van der Waals surface area contributed by atoms with Crippen LogP contribution in [0.2, 0.25) is 0 Å². The summed E-state index contributed by atoms with van der Waals surface area (Å²) in [6.07, 6.45) is 4.91. The van der Waals surface area contributed by atoms with Crippen LogP contribution in [0.4, 0.5) is 0 Å². The molecule has 2 aliphatic heterocycles. The Morgan fingerprint density at radius 3 is 2.67 bits per heavy atom. The smallest absolute Gasteiger partial charge is 0.0768 e. The number of rotatable bonds is 3. The largest absolute Gasteiger partial charge is 0.311 e. The molecule has 0 atom stereocenters. The van der Waals surface area contributed by atoms with Crippen LogP contribution in [0, 0.1) is 0 Å². The minimum atomic E-state index is 0.706. The third-order valence-corrected chi connectivity index (χ3v) is 6.50. The summed E-state index contributed by atoms with van der Waals surface area (Å²) in [4.78, 5) is 5.35. The van der Waals surface area contributed by atoms with Gasteiger partial charge in [0.2, 0.25) is 0 Å². The lowest BCUT2D eigenvalue weighted by molar-refractivity contribution is 0.200. The Bertz CT molecular complexity index is 734. The van der Waals surface area contributed by atoms with Gasteiger partial charge in [-0.15, -0.1) is 0 Å². The molecule has 1 N–H and O–H groups in total. The van der Waals surface area contributed by atoms with Gasteiger partial charge in [0.05, 0.1) is 11.4 Å². The van der Waals surface area contributed by atoms with Crippen LogP contribution in [0.25, 0.3) is 0 Å². The molecule has 1 aromatic carbocycles. The highest BCUT2D eigenvalue weighted by atomic mass is 15.3. The summed E-state index contributed by atoms with van der Waals surface area (Å²) in [7, 11) is 0. The summed E-state index contributed by atoms with van der Waals surface area (Å²) < 4.78 is 2.22. The number of benzene rings is 1. The highest BCUT2D eigenvalue weighted by Crippen LogP contribution is 2.26. The molecule has 5 nitrogen and oxygen atoms in total. The summed E-state index contributed by atoms with van der Waals surface area (Å²) in [5, 5.41) is 8.37. The second kappa shape index (κ2) is 7.74. The van der Waals surface area contributed by atoms with Gasteiger partial charge in [-0.25, -0.2) is 0 Å². The Labute approximate surface area is 162 Å². The Balaban J connectivity index is 1.18. The van der Waals surface area contributed by atoms with Crippen molar-refractivity contribution in [1.29, 1.82) is 0 Å². The van der Waals surface area contributed by atoms with Crippen LogP contribution in [0.1, 0.15) is 35.4 Å². The summed E-state index contributed by atoms with van der Waals surface area (Å²) in [5.41, 5.74) is 5.73. The van der Waals surface area contributed by atoms with Gasteiger partial charge in [0.1, 0.15) is 0 Å². The maximum atomic E-state index is 4.88. The second-order valence-electron chi connectivity index (χ2n) is 8.38. The molecule has 0 unspecified atom stereocenters. The molecule has 0 spiro atoms. The first-order valence-electron chi connectivity index (χ1n) is 10.6. The zero-order valence-electron chi connectivity index (χ0n) is 16.2. The fourth-order valence-electron chi connectivity index (χ4n) is 5.04. The minimum absolute atomic E-state index is 0.706. The van der Waals surface area contributed by atoms with Crippen LogP contribution in [0.15, 0.2) is 30.3 Å². The van der Waals surface area contributed by atoms with E-state index in [1.807, 2.05) is 0 Å². The minimum Gasteiger partial charge on any atom is -0.311 e. The monoisotopic (exact) mass is 365 g/mol. The fraction of sp³-hybridized carbons (Fsp3) is 0.591. The van der Waals surface area contributed by atoms with Gasteiger partial charge < -0.3 is 5.32 Å². The summed E-state index contributed by atoms with van der Waals surface area (Å²) in [6.45, 7) is 8.89. The van der Waals surface area contributed by atoms with E-state index in [0.717, 1.165) is 32.7 Å². The topological polar surface area (TPSA) is 36.3 Å². The van der Waals surface area contributed by atoms with Crippen molar-refractivity contribution in [2.75, 3.05) is 32.7 Å². The Morgan fingerprint density at radius 1 is 0.963 bits per heavy atom.